The Hall–Kier alpha value is -2.45. The van der Waals surface area contributed by atoms with Gasteiger partial charge in [-0.25, -0.2) is 0 Å². The predicted molar refractivity (Wildman–Crippen MR) is 112 cm³/mol. The molecule has 0 spiro atoms. The number of carbonyl (C=O) groups is 2. The van der Waals surface area contributed by atoms with Gasteiger partial charge in [0.25, 0.3) is 0 Å². The third-order valence-electron chi connectivity index (χ3n) is 6.27. The molecule has 1 saturated heterocycles. The highest BCUT2D eigenvalue weighted by Crippen LogP contribution is 2.58. The van der Waals surface area contributed by atoms with Crippen LogP contribution in [0.15, 0.2) is 71.8 Å². The molecule has 3 unspecified atom stereocenters. The molecule has 4 rings (SSSR count). The number of anilines is 1. The van der Waals surface area contributed by atoms with E-state index in [4.69, 9.17) is 0 Å². The lowest BCUT2D eigenvalue weighted by atomic mass is 9.77. The van der Waals surface area contributed by atoms with Gasteiger partial charge in [-0.05, 0) is 39.1 Å². The Morgan fingerprint density at radius 3 is 2.07 bits per heavy atom. The fraction of sp³-hybridized carbons (Fsp3) is 0.304. The molecule has 0 bridgehead atoms. The Morgan fingerprint density at radius 2 is 1.46 bits per heavy atom. The van der Waals surface area contributed by atoms with Gasteiger partial charge in [-0.2, -0.15) is 0 Å². The van der Waals surface area contributed by atoms with E-state index in [2.05, 4.69) is 0 Å². The van der Waals surface area contributed by atoms with Gasteiger partial charge in [-0.3, -0.25) is 14.5 Å². The summed E-state index contributed by atoms with van der Waals surface area (Å²) < 4.78 is 14.0. The highest BCUT2D eigenvalue weighted by Gasteiger charge is 2.57. The number of allylic oxidation sites excluding steroid dienone is 2. The zero-order chi connectivity index (χ0) is 20.1. The van der Waals surface area contributed by atoms with E-state index in [1.54, 1.807) is 18.8 Å². The molecule has 0 aromatic heterocycles. The number of para-hydroxylation sites is 1. The van der Waals surface area contributed by atoms with Crippen molar-refractivity contribution in [2.45, 2.75) is 25.9 Å². The Labute approximate surface area is 165 Å². The first kappa shape index (κ1) is 18.9. The summed E-state index contributed by atoms with van der Waals surface area (Å²) in [5, 5.41) is 0.756. The van der Waals surface area contributed by atoms with Crippen molar-refractivity contribution >= 4 is 29.9 Å². The number of carbonyl (C=O) groups excluding carboxylic acids is 2. The van der Waals surface area contributed by atoms with Crippen LogP contribution in [0.25, 0.3) is 0 Å². The summed E-state index contributed by atoms with van der Waals surface area (Å²) in [6, 6.07) is 18.4. The van der Waals surface area contributed by atoms with Gasteiger partial charge in [0.05, 0.1) is 17.5 Å². The zero-order valence-electron chi connectivity index (χ0n) is 16.3. The average molecular weight is 393 g/mol. The van der Waals surface area contributed by atoms with Crippen molar-refractivity contribution in [3.05, 3.63) is 71.8 Å². The number of benzene rings is 2. The van der Waals surface area contributed by atoms with Crippen LogP contribution in [0, 0.1) is 11.8 Å². The van der Waals surface area contributed by atoms with Crippen molar-refractivity contribution in [3.63, 3.8) is 0 Å². The molecule has 2 amide bonds. The number of rotatable bonds is 3. The monoisotopic (exact) mass is 393 g/mol. The first-order chi connectivity index (χ1) is 13.3. The topological polar surface area (TPSA) is 54.5 Å². The first-order valence-corrected chi connectivity index (χ1v) is 11.8. The maximum Gasteiger partial charge on any atom is 0.238 e. The van der Waals surface area contributed by atoms with Gasteiger partial charge in [0.15, 0.2) is 0 Å². The molecule has 1 aliphatic carbocycles. The molecular formula is C23H24NO3P. The molecule has 2 aromatic rings. The summed E-state index contributed by atoms with van der Waals surface area (Å²) in [5.41, 5.74) is 2.21. The first-order valence-electron chi connectivity index (χ1n) is 9.56. The van der Waals surface area contributed by atoms with Crippen LogP contribution < -0.4 is 10.2 Å². The molecule has 1 aliphatic heterocycles. The molecule has 4 atom stereocenters. The lowest BCUT2D eigenvalue weighted by Crippen LogP contribution is -2.38. The minimum atomic E-state index is -2.92. The fourth-order valence-corrected chi connectivity index (χ4v) is 7.72. The van der Waals surface area contributed by atoms with Crippen LogP contribution in [0.4, 0.5) is 5.69 Å². The van der Waals surface area contributed by atoms with Crippen LogP contribution in [0.2, 0.25) is 0 Å². The molecule has 0 radical (unpaired) electrons. The standard InChI is InChI=1S/C23H24NO3P/c1-15-14-19-20(23(26)24(22(19)25)17-10-6-4-7-11-17)21(16(15)2)28(3,27)18-12-8-5-9-13-18/h4-13,19-21H,14H2,1-3H3/t19?,20?,21-,28?/m1/s1. The van der Waals surface area contributed by atoms with Gasteiger partial charge in [-0.1, -0.05) is 59.7 Å². The third-order valence-corrected chi connectivity index (χ3v) is 9.37. The summed E-state index contributed by atoms with van der Waals surface area (Å²) >= 11 is 0. The van der Waals surface area contributed by atoms with Crippen LogP contribution in [0.3, 0.4) is 0 Å². The lowest BCUT2D eigenvalue weighted by molar-refractivity contribution is -0.122. The van der Waals surface area contributed by atoms with Crippen LogP contribution in [-0.2, 0) is 14.2 Å². The van der Waals surface area contributed by atoms with E-state index < -0.39 is 24.6 Å². The van der Waals surface area contributed by atoms with Gasteiger partial charge in [0.1, 0.15) is 7.14 Å². The molecule has 28 heavy (non-hydrogen) atoms. The predicted octanol–water partition coefficient (Wildman–Crippen LogP) is 4.22. The minimum Gasteiger partial charge on any atom is -0.318 e. The Bertz CT molecular complexity index is 1010. The Morgan fingerprint density at radius 1 is 0.893 bits per heavy atom. The van der Waals surface area contributed by atoms with Gasteiger partial charge in [-0.15, -0.1) is 0 Å². The Balaban J connectivity index is 1.83. The molecule has 4 nitrogen and oxygen atoms in total. The SMILES string of the molecule is CC1=C(C)[C@@H](P(C)(=O)c2ccccc2)C2C(=O)N(c3ccccc3)C(=O)C2C1. The fourth-order valence-electron chi connectivity index (χ4n) is 4.72. The van der Waals surface area contributed by atoms with Crippen LogP contribution in [0.1, 0.15) is 20.3 Å². The van der Waals surface area contributed by atoms with Crippen molar-refractivity contribution in [1.82, 2.24) is 0 Å². The number of fused-ring (bicyclic) bond motifs is 1. The minimum absolute atomic E-state index is 0.175. The molecule has 1 fully saturated rings. The van der Waals surface area contributed by atoms with Gasteiger partial charge in [0.2, 0.25) is 11.8 Å². The number of amides is 2. The van der Waals surface area contributed by atoms with Gasteiger partial charge >= 0.3 is 0 Å². The highest BCUT2D eigenvalue weighted by molar-refractivity contribution is 7.71. The third kappa shape index (κ3) is 2.79. The molecule has 0 N–H and O–H groups in total. The van der Waals surface area contributed by atoms with Crippen LogP contribution in [-0.4, -0.2) is 24.1 Å². The molecule has 2 aliphatic rings. The molecule has 144 valence electrons. The molecule has 5 heteroatoms. The number of imide groups is 1. The zero-order valence-corrected chi connectivity index (χ0v) is 17.2. The van der Waals surface area contributed by atoms with Crippen molar-refractivity contribution in [2.75, 3.05) is 11.6 Å². The summed E-state index contributed by atoms with van der Waals surface area (Å²) in [7, 11) is -2.92. The summed E-state index contributed by atoms with van der Waals surface area (Å²) in [6.07, 6.45) is 0.551. The second kappa shape index (κ2) is 6.86. The average Bonchev–Trinajstić information content (AvgIpc) is 2.94. The van der Waals surface area contributed by atoms with E-state index in [0.29, 0.717) is 12.1 Å². The normalized spacial score (nSPS) is 27.0. The second-order valence-corrected chi connectivity index (χ2v) is 11.0. The van der Waals surface area contributed by atoms with E-state index >= 15 is 0 Å². The smallest absolute Gasteiger partial charge is 0.238 e. The number of nitrogens with zero attached hydrogens (tertiary/aromatic N) is 1. The largest absolute Gasteiger partial charge is 0.318 e. The van der Waals surface area contributed by atoms with E-state index in [-0.39, 0.29) is 11.8 Å². The van der Waals surface area contributed by atoms with Crippen molar-refractivity contribution in [1.29, 1.82) is 0 Å². The Kier molecular flexibility index (Phi) is 4.63. The quantitative estimate of drug-likeness (QED) is 0.446. The van der Waals surface area contributed by atoms with Gasteiger partial charge < -0.3 is 4.57 Å². The van der Waals surface area contributed by atoms with Crippen LogP contribution >= 0.6 is 7.14 Å². The van der Waals surface area contributed by atoms with E-state index in [1.165, 1.54) is 4.90 Å². The van der Waals surface area contributed by atoms with Gasteiger partial charge in [0, 0.05) is 11.0 Å². The summed E-state index contributed by atoms with van der Waals surface area (Å²) in [4.78, 5) is 28.0. The summed E-state index contributed by atoms with van der Waals surface area (Å²) in [6.45, 7) is 5.72. The lowest BCUT2D eigenvalue weighted by Gasteiger charge is -2.36. The maximum atomic E-state index is 14.0. The van der Waals surface area contributed by atoms with Crippen molar-refractivity contribution in [3.8, 4) is 0 Å². The summed E-state index contributed by atoms with van der Waals surface area (Å²) in [5.74, 6) is -1.42. The highest BCUT2D eigenvalue weighted by atomic mass is 31.2. The van der Waals surface area contributed by atoms with Crippen molar-refractivity contribution < 1.29 is 14.2 Å². The maximum absolute atomic E-state index is 14.0. The van der Waals surface area contributed by atoms with Crippen LogP contribution in [0.5, 0.6) is 0 Å². The number of hydrogen-bond donors (Lipinski definition) is 0. The van der Waals surface area contributed by atoms with E-state index in [9.17, 15) is 14.2 Å². The molecule has 1 heterocycles. The van der Waals surface area contributed by atoms with Crippen molar-refractivity contribution in [2.24, 2.45) is 11.8 Å². The number of hydrogen-bond acceptors (Lipinski definition) is 3. The van der Waals surface area contributed by atoms with E-state index in [1.807, 2.05) is 62.4 Å². The molecule has 2 aromatic carbocycles. The molecular weight excluding hydrogens is 369 g/mol. The second-order valence-electron chi connectivity index (χ2n) is 7.92. The molecule has 0 saturated carbocycles. The van der Waals surface area contributed by atoms with E-state index in [0.717, 1.165) is 16.5 Å².